The van der Waals surface area contributed by atoms with Crippen LogP contribution >= 0.6 is 23.8 Å². The van der Waals surface area contributed by atoms with Gasteiger partial charge in [-0.2, -0.15) is 0 Å². The van der Waals surface area contributed by atoms with E-state index in [-0.39, 0.29) is 47.3 Å². The van der Waals surface area contributed by atoms with Gasteiger partial charge in [0.15, 0.2) is 11.2 Å². The summed E-state index contributed by atoms with van der Waals surface area (Å²) in [7, 11) is 0. The van der Waals surface area contributed by atoms with Crippen LogP contribution in [0.25, 0.3) is 0 Å². The summed E-state index contributed by atoms with van der Waals surface area (Å²) in [6.45, 7) is 7.27. The molecule has 0 bridgehead atoms. The molecule has 1 aromatic carbocycles. The molecule has 3 aliphatic rings. The van der Waals surface area contributed by atoms with E-state index in [1.807, 2.05) is 27.7 Å². The van der Waals surface area contributed by atoms with Gasteiger partial charge in [0, 0.05) is 30.8 Å². The maximum Gasteiger partial charge on any atom is 0.292 e. The molecule has 3 fully saturated rings. The number of benzene rings is 1. The second-order valence-corrected chi connectivity index (χ2v) is 17.3. The molecule has 0 spiro atoms. The van der Waals surface area contributed by atoms with Gasteiger partial charge in [-0.3, -0.25) is 29.3 Å². The zero-order valence-electron chi connectivity index (χ0n) is 33.4. The molecule has 2 saturated carbocycles. The quantitative estimate of drug-likeness (QED) is 0.0789. The standard InChI is InChI=1S/C40H55ClN8O8S/c1-5-11-28(33(50)37(53)43-25-17-18-25)44-35(51)30-20-26(57-31-19-16-24(41)21-42-31)22-48(30)38(54)34(40(2,3)4)47-36(52)32(23-12-7-6-8-13-23)46-39(58)45-27-14-9-10-15-29(27)49(55)56/h9-10,14-16,19,21,23,25-26,28,30,32-34,50H,5-8,11-13,17-18,20,22H2,1-4H3,(H,43,53)(H,44,51)(H,47,52)(H2,45,46,58)/t26-,28+,30+,32+,33?,34-/m1/s1. The molecule has 4 amide bonds. The Labute approximate surface area is 349 Å². The van der Waals surface area contributed by atoms with E-state index in [0.29, 0.717) is 17.9 Å². The second kappa shape index (κ2) is 19.9. The number of thiocarbonyl (C=S) groups is 1. The number of aliphatic hydroxyl groups is 1. The summed E-state index contributed by atoms with van der Waals surface area (Å²) in [6.07, 6.45) is 6.10. The number of pyridine rings is 1. The summed E-state index contributed by atoms with van der Waals surface area (Å²) in [4.78, 5) is 73.1. The first kappa shape index (κ1) is 44.5. The van der Waals surface area contributed by atoms with Gasteiger partial charge >= 0.3 is 0 Å². The molecule has 2 aromatic rings. The van der Waals surface area contributed by atoms with Crippen LogP contribution in [0.2, 0.25) is 5.02 Å². The van der Waals surface area contributed by atoms with Gasteiger partial charge in [-0.1, -0.05) is 77.1 Å². The molecule has 1 saturated heterocycles. The van der Waals surface area contributed by atoms with E-state index in [4.69, 9.17) is 28.6 Å². The lowest BCUT2D eigenvalue weighted by molar-refractivity contribution is -0.383. The van der Waals surface area contributed by atoms with Crippen LogP contribution in [0.15, 0.2) is 42.6 Å². The third-order valence-electron chi connectivity index (χ3n) is 10.8. The predicted octanol–water partition coefficient (Wildman–Crippen LogP) is 4.38. The average Bonchev–Trinajstić information content (AvgIpc) is 3.90. The van der Waals surface area contributed by atoms with Crippen molar-refractivity contribution in [2.45, 2.75) is 134 Å². The smallest absolute Gasteiger partial charge is 0.292 e. The number of amides is 4. The number of ether oxygens (including phenoxy) is 1. The Morgan fingerprint density at radius 1 is 1.03 bits per heavy atom. The number of anilines is 1. The van der Waals surface area contributed by atoms with Gasteiger partial charge in [0.25, 0.3) is 11.6 Å². The number of nitrogens with zero attached hydrogens (tertiary/aromatic N) is 3. The number of nitrogens with one attached hydrogen (secondary N) is 5. The number of hydrogen-bond donors (Lipinski definition) is 6. The molecule has 16 nitrogen and oxygen atoms in total. The Morgan fingerprint density at radius 3 is 2.36 bits per heavy atom. The van der Waals surface area contributed by atoms with Crippen molar-refractivity contribution in [3.63, 3.8) is 0 Å². The van der Waals surface area contributed by atoms with E-state index < -0.39 is 70.3 Å². The number of aromatic nitrogens is 1. The molecule has 6 atom stereocenters. The highest BCUT2D eigenvalue weighted by Gasteiger charge is 2.47. The Kier molecular flexibility index (Phi) is 15.3. The van der Waals surface area contributed by atoms with E-state index in [1.54, 1.807) is 24.3 Å². The number of nitro groups is 1. The lowest BCUT2D eigenvalue weighted by Crippen LogP contribution is -2.62. The maximum atomic E-state index is 14.8. The van der Waals surface area contributed by atoms with Gasteiger partial charge in [0.05, 0.1) is 22.5 Å². The Bertz CT molecular complexity index is 1800. The Hall–Kier alpha value is -4.61. The zero-order valence-corrected chi connectivity index (χ0v) is 34.9. The molecular formula is C40H55ClN8O8S. The van der Waals surface area contributed by atoms with Crippen LogP contribution < -0.4 is 31.3 Å². The van der Waals surface area contributed by atoms with Gasteiger partial charge in [0.1, 0.15) is 29.9 Å². The minimum atomic E-state index is -1.50. The number of halogens is 1. The summed E-state index contributed by atoms with van der Waals surface area (Å²) >= 11 is 11.6. The summed E-state index contributed by atoms with van der Waals surface area (Å²) in [5.74, 6) is -2.07. The number of hydrogen-bond acceptors (Lipinski definition) is 10. The molecule has 316 valence electrons. The topological polar surface area (TPSA) is 217 Å². The van der Waals surface area contributed by atoms with Crippen LogP contribution in [0.1, 0.15) is 91.9 Å². The second-order valence-electron chi connectivity index (χ2n) is 16.5. The highest BCUT2D eigenvalue weighted by molar-refractivity contribution is 7.80. The number of aliphatic hydroxyl groups excluding tert-OH is 1. The molecule has 2 aliphatic carbocycles. The minimum absolute atomic E-state index is 0.0112. The minimum Gasteiger partial charge on any atom is -0.472 e. The summed E-state index contributed by atoms with van der Waals surface area (Å²) < 4.78 is 6.14. The summed E-state index contributed by atoms with van der Waals surface area (Å²) in [6, 6.07) is 5.23. The highest BCUT2D eigenvalue weighted by atomic mass is 35.5. The SMILES string of the molecule is CCC[C@H](NC(=O)[C@@H]1C[C@@H](Oc2ccc(Cl)cn2)CN1C(=O)[C@@H](NC(=O)[C@@H](NC(=S)Nc1ccccc1[N+](=O)[O-])C1CCCCC1)C(C)(C)C)C(O)C(=O)NC1CC1. The third kappa shape index (κ3) is 12.0. The van der Waals surface area contributed by atoms with E-state index in [9.17, 15) is 34.4 Å². The molecule has 1 aliphatic heterocycles. The van der Waals surface area contributed by atoms with Crippen LogP contribution in [-0.2, 0) is 19.2 Å². The molecule has 0 radical (unpaired) electrons. The molecule has 6 N–H and O–H groups in total. The van der Waals surface area contributed by atoms with E-state index in [1.165, 1.54) is 23.2 Å². The van der Waals surface area contributed by atoms with Crippen LogP contribution in [0, 0.1) is 21.4 Å². The normalized spacial score (nSPS) is 20.5. The first-order valence-electron chi connectivity index (χ1n) is 20.0. The number of nitro benzene ring substituents is 1. The summed E-state index contributed by atoms with van der Waals surface area (Å²) in [5, 5.41) is 37.7. The van der Waals surface area contributed by atoms with Gasteiger partial charge in [-0.15, -0.1) is 0 Å². The van der Waals surface area contributed by atoms with E-state index in [2.05, 4.69) is 31.6 Å². The van der Waals surface area contributed by atoms with E-state index in [0.717, 1.165) is 44.9 Å². The number of carbonyl (C=O) groups is 4. The fourth-order valence-electron chi connectivity index (χ4n) is 7.52. The molecule has 2 heterocycles. The predicted molar refractivity (Wildman–Crippen MR) is 222 cm³/mol. The number of likely N-dealkylation sites (tertiary alicyclic amines) is 1. The van der Waals surface area contributed by atoms with Gasteiger partial charge in [0.2, 0.25) is 23.6 Å². The third-order valence-corrected chi connectivity index (χ3v) is 11.2. The van der Waals surface area contributed by atoms with Crippen molar-refractivity contribution >= 4 is 63.9 Å². The molecule has 58 heavy (non-hydrogen) atoms. The van der Waals surface area contributed by atoms with Crippen molar-refractivity contribution in [2.75, 3.05) is 11.9 Å². The Balaban J connectivity index is 1.39. The molecule has 18 heteroatoms. The average molecular weight is 843 g/mol. The lowest BCUT2D eigenvalue weighted by Gasteiger charge is -2.38. The summed E-state index contributed by atoms with van der Waals surface area (Å²) in [5.41, 5.74) is -0.872. The molecular weight excluding hydrogens is 788 g/mol. The van der Waals surface area contributed by atoms with Crippen molar-refractivity contribution in [1.29, 1.82) is 0 Å². The zero-order chi connectivity index (χ0) is 42.1. The molecule has 1 unspecified atom stereocenters. The van der Waals surface area contributed by atoms with Gasteiger partial charge in [-0.25, -0.2) is 4.98 Å². The highest BCUT2D eigenvalue weighted by Crippen LogP contribution is 2.31. The van der Waals surface area contributed by atoms with Gasteiger partial charge < -0.3 is 41.3 Å². The van der Waals surface area contributed by atoms with Crippen molar-refractivity contribution in [3.8, 4) is 5.88 Å². The molecule has 1 aromatic heterocycles. The first-order chi connectivity index (χ1) is 27.5. The largest absolute Gasteiger partial charge is 0.472 e. The monoisotopic (exact) mass is 842 g/mol. The number of para-hydroxylation sites is 2. The molecule has 5 rings (SSSR count). The van der Waals surface area contributed by atoms with Crippen molar-refractivity contribution in [1.82, 2.24) is 31.2 Å². The van der Waals surface area contributed by atoms with Crippen LogP contribution in [0.3, 0.4) is 0 Å². The van der Waals surface area contributed by atoms with Crippen LogP contribution in [0.4, 0.5) is 11.4 Å². The Morgan fingerprint density at radius 2 is 1.74 bits per heavy atom. The first-order valence-corrected chi connectivity index (χ1v) is 20.8. The van der Waals surface area contributed by atoms with Gasteiger partial charge in [-0.05, 0) is 67.8 Å². The van der Waals surface area contributed by atoms with Crippen molar-refractivity contribution < 1.29 is 33.9 Å². The fourth-order valence-corrected chi connectivity index (χ4v) is 7.87. The van der Waals surface area contributed by atoms with Crippen LogP contribution in [0.5, 0.6) is 5.88 Å². The number of carbonyl (C=O) groups excluding carboxylic acids is 4. The van der Waals surface area contributed by atoms with Crippen molar-refractivity contribution in [3.05, 3.63) is 57.7 Å². The fraction of sp³-hybridized carbons (Fsp3) is 0.600. The number of rotatable bonds is 16. The maximum absolute atomic E-state index is 14.8. The van der Waals surface area contributed by atoms with Crippen LogP contribution in [-0.4, -0.2) is 97.6 Å². The lowest BCUT2D eigenvalue weighted by atomic mass is 9.82. The van der Waals surface area contributed by atoms with Crippen molar-refractivity contribution in [2.24, 2.45) is 11.3 Å². The van der Waals surface area contributed by atoms with E-state index >= 15 is 0 Å².